The average molecular weight is 597 g/mol. The van der Waals surface area contributed by atoms with Crippen LogP contribution in [0, 0.1) is 28.5 Å². The van der Waals surface area contributed by atoms with Crippen molar-refractivity contribution in [2.45, 2.75) is 32.7 Å². The zero-order valence-corrected chi connectivity index (χ0v) is 24.5. The van der Waals surface area contributed by atoms with Crippen LogP contribution in [0.4, 0.5) is 10.2 Å². The fourth-order valence-electron chi connectivity index (χ4n) is 5.73. The van der Waals surface area contributed by atoms with Crippen LogP contribution >= 0.6 is 0 Å². The summed E-state index contributed by atoms with van der Waals surface area (Å²) in [5.41, 5.74) is 13.3. The number of nitriles is 1. The number of fused-ring (bicyclic) bond motifs is 1. The summed E-state index contributed by atoms with van der Waals surface area (Å²) in [5.74, 6) is 0.238. The molecule has 2 fully saturated rings. The second-order valence-corrected chi connectivity index (χ2v) is 11.7. The first kappa shape index (κ1) is 29.1. The largest absolute Gasteiger partial charge is 0.457 e. The normalized spacial score (nSPS) is 18.0. The molecule has 4 heterocycles. The molecule has 0 bridgehead atoms. The van der Waals surface area contributed by atoms with Gasteiger partial charge in [-0.1, -0.05) is 32.0 Å². The van der Waals surface area contributed by atoms with Crippen molar-refractivity contribution in [3.05, 3.63) is 71.9 Å². The Morgan fingerprint density at radius 3 is 2.61 bits per heavy atom. The number of ether oxygens (including phenoxy) is 2. The lowest BCUT2D eigenvalue weighted by atomic mass is 9.73. The molecule has 1 atom stereocenters. The maximum atomic E-state index is 15.6. The maximum absolute atomic E-state index is 15.6. The van der Waals surface area contributed by atoms with Gasteiger partial charge in [0.25, 0.3) is 5.91 Å². The number of allylic oxidation sites excluding steroid dienone is 1. The van der Waals surface area contributed by atoms with E-state index >= 15 is 4.39 Å². The van der Waals surface area contributed by atoms with Gasteiger partial charge >= 0.3 is 0 Å². The van der Waals surface area contributed by atoms with Gasteiger partial charge in [-0.15, -0.1) is 0 Å². The van der Waals surface area contributed by atoms with Crippen LogP contribution < -0.4 is 16.2 Å². The Kier molecular flexibility index (Phi) is 7.65. The molecule has 2 saturated heterocycles. The predicted molar refractivity (Wildman–Crippen MR) is 161 cm³/mol. The van der Waals surface area contributed by atoms with Gasteiger partial charge < -0.3 is 25.8 Å². The van der Waals surface area contributed by atoms with Gasteiger partial charge in [-0.25, -0.2) is 19.0 Å². The highest BCUT2D eigenvalue weighted by Crippen LogP contribution is 2.39. The summed E-state index contributed by atoms with van der Waals surface area (Å²) in [4.78, 5) is 23.9. The summed E-state index contributed by atoms with van der Waals surface area (Å²) in [6, 6.07) is 15.4. The molecule has 226 valence electrons. The van der Waals surface area contributed by atoms with Gasteiger partial charge in [-0.3, -0.25) is 4.79 Å². The molecule has 6 rings (SSSR count). The summed E-state index contributed by atoms with van der Waals surface area (Å²) in [7, 11) is 0. The molecule has 12 heteroatoms. The number of para-hydroxylation sites is 1. The number of likely N-dealkylation sites (tertiary alicyclic amines) is 1. The second kappa shape index (κ2) is 11.6. The monoisotopic (exact) mass is 596 g/mol. The molecular formula is C32H33FN8O3. The number of nitrogen functional groups attached to an aromatic ring is 1. The number of carbonyl (C=O) groups excluding carboxylic acids is 1. The number of nitrogens with zero attached hydrogens (tertiary/aromatic N) is 6. The van der Waals surface area contributed by atoms with Crippen molar-refractivity contribution in [3.63, 3.8) is 0 Å². The summed E-state index contributed by atoms with van der Waals surface area (Å²) in [6.45, 7) is 5.66. The average Bonchev–Trinajstić information content (AvgIpc) is 3.38. The Bertz CT molecular complexity index is 1790. The van der Waals surface area contributed by atoms with E-state index in [1.165, 1.54) is 12.4 Å². The number of rotatable bonds is 7. The standard InChI is InChI=1S/C32H33FN8O3/c1-32(2,19-16-43-17-19)28(35)24(14-34)31(42)40-12-6-7-20(15-40)41-30-26(29(36)37-18-38-30)27(39-41)23-11-10-22(13-25(23)33)44-21-8-4-3-5-9-21/h3-5,8-11,13,18-20H,6-7,12,15-17,35H2,1-2H3,(H2,36,37,38)/t20-/m0/s1. The highest BCUT2D eigenvalue weighted by molar-refractivity contribution is 5.99. The molecule has 0 aliphatic carbocycles. The summed E-state index contributed by atoms with van der Waals surface area (Å²) >= 11 is 0. The molecule has 0 radical (unpaired) electrons. The molecule has 0 saturated carbocycles. The van der Waals surface area contributed by atoms with Crippen molar-refractivity contribution in [1.29, 1.82) is 5.26 Å². The van der Waals surface area contributed by atoms with Gasteiger partial charge in [-0.05, 0) is 37.1 Å². The van der Waals surface area contributed by atoms with Crippen LogP contribution in [0.25, 0.3) is 22.3 Å². The van der Waals surface area contributed by atoms with Crippen molar-refractivity contribution in [1.82, 2.24) is 24.6 Å². The Hall–Kier alpha value is -5.02. The van der Waals surface area contributed by atoms with Crippen molar-refractivity contribution in [3.8, 4) is 28.8 Å². The Morgan fingerprint density at radius 2 is 1.93 bits per heavy atom. The number of hydrogen-bond acceptors (Lipinski definition) is 9. The van der Waals surface area contributed by atoms with Crippen molar-refractivity contribution >= 4 is 22.8 Å². The number of anilines is 1. The van der Waals surface area contributed by atoms with E-state index in [0.717, 1.165) is 0 Å². The fraction of sp³-hybridized carbons (Fsp3) is 0.344. The third-order valence-corrected chi connectivity index (χ3v) is 8.67. The van der Waals surface area contributed by atoms with Crippen molar-refractivity contribution < 1.29 is 18.7 Å². The van der Waals surface area contributed by atoms with E-state index in [1.54, 1.807) is 33.8 Å². The number of benzene rings is 2. The molecular weight excluding hydrogens is 563 g/mol. The number of halogens is 1. The number of piperidine rings is 1. The number of carbonyl (C=O) groups is 1. The first-order chi connectivity index (χ1) is 21.2. The van der Waals surface area contributed by atoms with Gasteiger partial charge in [0, 0.05) is 41.7 Å². The predicted octanol–water partition coefficient (Wildman–Crippen LogP) is 4.58. The van der Waals surface area contributed by atoms with E-state index in [4.69, 9.17) is 26.0 Å². The third kappa shape index (κ3) is 5.20. The molecule has 11 nitrogen and oxygen atoms in total. The van der Waals surface area contributed by atoms with Crippen molar-refractivity contribution in [2.24, 2.45) is 17.1 Å². The minimum atomic E-state index is -0.568. The second-order valence-electron chi connectivity index (χ2n) is 11.7. The third-order valence-electron chi connectivity index (χ3n) is 8.67. The minimum absolute atomic E-state index is 0.0555. The number of nitrogens with two attached hydrogens (primary N) is 2. The Balaban J connectivity index is 1.31. The van der Waals surface area contributed by atoms with Gasteiger partial charge in [0.05, 0.1) is 24.6 Å². The topological polar surface area (TPSA) is 158 Å². The van der Waals surface area contributed by atoms with Gasteiger partial charge in [0.1, 0.15) is 46.8 Å². The molecule has 4 aromatic rings. The molecule has 2 aromatic heterocycles. The lowest BCUT2D eigenvalue weighted by molar-refractivity contribution is -0.128. The maximum Gasteiger partial charge on any atom is 0.266 e. The van der Waals surface area contributed by atoms with E-state index in [2.05, 4.69) is 16.0 Å². The highest BCUT2D eigenvalue weighted by atomic mass is 19.1. The van der Waals surface area contributed by atoms with E-state index in [9.17, 15) is 10.1 Å². The first-order valence-electron chi connectivity index (χ1n) is 14.5. The van der Waals surface area contributed by atoms with Crippen LogP contribution in [-0.2, 0) is 9.53 Å². The molecule has 44 heavy (non-hydrogen) atoms. The first-order valence-corrected chi connectivity index (χ1v) is 14.5. The van der Waals surface area contributed by atoms with E-state index in [-0.39, 0.29) is 46.8 Å². The van der Waals surface area contributed by atoms with Crippen LogP contribution in [0.2, 0.25) is 0 Å². The number of hydrogen-bond donors (Lipinski definition) is 2. The van der Waals surface area contributed by atoms with Gasteiger partial charge in [0.15, 0.2) is 5.65 Å². The van der Waals surface area contributed by atoms with E-state index < -0.39 is 17.1 Å². The Morgan fingerprint density at radius 1 is 1.16 bits per heavy atom. The molecule has 4 N–H and O–H groups in total. The lowest BCUT2D eigenvalue weighted by Gasteiger charge is -2.41. The molecule has 1 amide bonds. The van der Waals surface area contributed by atoms with Crippen LogP contribution in [0.1, 0.15) is 32.7 Å². The van der Waals surface area contributed by atoms with Gasteiger partial charge in [0.2, 0.25) is 0 Å². The Labute approximate surface area is 253 Å². The van der Waals surface area contributed by atoms with Crippen LogP contribution in [0.5, 0.6) is 11.5 Å². The molecule has 2 aliphatic heterocycles. The van der Waals surface area contributed by atoms with Crippen LogP contribution in [0.15, 0.2) is 66.1 Å². The zero-order valence-electron chi connectivity index (χ0n) is 24.5. The fourth-order valence-corrected chi connectivity index (χ4v) is 5.73. The van der Waals surface area contributed by atoms with Crippen LogP contribution in [0.3, 0.4) is 0 Å². The van der Waals surface area contributed by atoms with Crippen molar-refractivity contribution in [2.75, 3.05) is 32.0 Å². The summed E-state index contributed by atoms with van der Waals surface area (Å²) in [5, 5.41) is 15.2. The molecule has 0 unspecified atom stereocenters. The number of amides is 1. The smallest absolute Gasteiger partial charge is 0.266 e. The SMILES string of the molecule is CC(C)(C(N)=C(C#N)C(=O)N1CCC[C@H](n2nc(-c3ccc(Oc4ccccc4)cc3F)c3c(N)ncnc32)C1)C1COC1. The minimum Gasteiger partial charge on any atom is -0.457 e. The lowest BCUT2D eigenvalue weighted by Crippen LogP contribution is -2.46. The molecule has 2 aliphatic rings. The quantitative estimate of drug-likeness (QED) is 0.230. The summed E-state index contributed by atoms with van der Waals surface area (Å²) in [6.07, 6.45) is 2.68. The summed E-state index contributed by atoms with van der Waals surface area (Å²) < 4.78 is 28.4. The zero-order chi connectivity index (χ0) is 31.0. The van der Waals surface area contributed by atoms with E-state index in [0.29, 0.717) is 55.1 Å². The highest BCUT2D eigenvalue weighted by Gasteiger charge is 2.40. The number of aromatic nitrogens is 4. The molecule has 0 spiro atoms. The molecule has 2 aromatic carbocycles. The van der Waals surface area contributed by atoms with Crippen LogP contribution in [-0.4, -0.2) is 56.9 Å². The van der Waals surface area contributed by atoms with E-state index in [1.807, 2.05) is 32.0 Å². The van der Waals surface area contributed by atoms with Gasteiger partial charge in [-0.2, -0.15) is 10.4 Å².